The summed E-state index contributed by atoms with van der Waals surface area (Å²) < 4.78 is 0. The summed E-state index contributed by atoms with van der Waals surface area (Å²) in [5.41, 5.74) is 4.20. The summed E-state index contributed by atoms with van der Waals surface area (Å²) in [6, 6.07) is 14.0. The van der Waals surface area contributed by atoms with Gasteiger partial charge >= 0.3 is 0 Å². The first-order valence-electron chi connectivity index (χ1n) is 6.39. The fourth-order valence-corrected chi connectivity index (χ4v) is 2.43. The summed E-state index contributed by atoms with van der Waals surface area (Å²) in [6.07, 6.45) is 0. The number of aliphatic hydroxyl groups is 1. The molecule has 0 amide bonds. The van der Waals surface area contributed by atoms with Crippen LogP contribution in [0.5, 0.6) is 0 Å². The minimum absolute atomic E-state index is 0.0321. The highest BCUT2D eigenvalue weighted by atomic mass is 35.5. The van der Waals surface area contributed by atoms with Gasteiger partial charge in [-0.2, -0.15) is 0 Å². The lowest BCUT2D eigenvalue weighted by Crippen LogP contribution is -2.17. The van der Waals surface area contributed by atoms with Gasteiger partial charge in [0.25, 0.3) is 0 Å². The van der Waals surface area contributed by atoms with Gasteiger partial charge in [0.05, 0.1) is 6.61 Å². The van der Waals surface area contributed by atoms with E-state index in [4.69, 9.17) is 16.7 Å². The van der Waals surface area contributed by atoms with E-state index in [0.29, 0.717) is 5.02 Å². The van der Waals surface area contributed by atoms with Crippen molar-refractivity contribution in [3.05, 3.63) is 58.6 Å². The minimum atomic E-state index is -0.0321. The maximum absolute atomic E-state index is 9.17. The Morgan fingerprint density at radius 3 is 2.47 bits per heavy atom. The number of rotatable bonds is 4. The number of nitrogens with zero attached hydrogens (tertiary/aromatic N) is 1. The van der Waals surface area contributed by atoms with Crippen molar-refractivity contribution in [2.45, 2.75) is 20.5 Å². The Labute approximate surface area is 119 Å². The number of para-hydroxylation sites is 1. The van der Waals surface area contributed by atoms with Crippen molar-refractivity contribution < 1.29 is 5.11 Å². The average Bonchev–Trinajstić information content (AvgIpc) is 2.42. The van der Waals surface area contributed by atoms with Gasteiger partial charge in [0, 0.05) is 22.9 Å². The van der Waals surface area contributed by atoms with Crippen LogP contribution in [-0.2, 0) is 6.61 Å². The van der Waals surface area contributed by atoms with Crippen LogP contribution in [0.15, 0.2) is 42.5 Å². The van der Waals surface area contributed by atoms with Crippen LogP contribution < -0.4 is 4.90 Å². The van der Waals surface area contributed by atoms with E-state index in [1.807, 2.05) is 30.3 Å². The van der Waals surface area contributed by atoms with Crippen molar-refractivity contribution in [2.75, 3.05) is 11.4 Å². The third-order valence-electron chi connectivity index (χ3n) is 3.24. The number of benzene rings is 2. The van der Waals surface area contributed by atoms with Crippen LogP contribution in [0.25, 0.3) is 0 Å². The van der Waals surface area contributed by atoms with Gasteiger partial charge in [-0.3, -0.25) is 0 Å². The summed E-state index contributed by atoms with van der Waals surface area (Å²) >= 11 is 6.17. The van der Waals surface area contributed by atoms with Gasteiger partial charge in [-0.05, 0) is 43.2 Å². The van der Waals surface area contributed by atoms with Gasteiger partial charge in [0.2, 0.25) is 0 Å². The van der Waals surface area contributed by atoms with Crippen molar-refractivity contribution in [1.29, 1.82) is 0 Å². The van der Waals surface area contributed by atoms with Gasteiger partial charge in [-0.1, -0.05) is 35.9 Å². The topological polar surface area (TPSA) is 23.5 Å². The Morgan fingerprint density at radius 2 is 1.89 bits per heavy atom. The van der Waals surface area contributed by atoms with E-state index in [-0.39, 0.29) is 6.61 Å². The predicted molar refractivity (Wildman–Crippen MR) is 81.2 cm³/mol. The second-order valence-corrected chi connectivity index (χ2v) is 4.87. The zero-order chi connectivity index (χ0) is 13.8. The Kier molecular flexibility index (Phi) is 4.46. The highest BCUT2D eigenvalue weighted by Gasteiger charge is 2.11. The first kappa shape index (κ1) is 13.9. The molecule has 19 heavy (non-hydrogen) atoms. The average molecular weight is 276 g/mol. The van der Waals surface area contributed by atoms with Crippen LogP contribution >= 0.6 is 11.6 Å². The lowest BCUT2D eigenvalue weighted by molar-refractivity contribution is 0.282. The van der Waals surface area contributed by atoms with E-state index in [0.717, 1.165) is 17.8 Å². The Bertz CT molecular complexity index is 568. The summed E-state index contributed by atoms with van der Waals surface area (Å²) in [4.78, 5) is 2.21. The zero-order valence-electron chi connectivity index (χ0n) is 11.2. The molecule has 0 heterocycles. The molecule has 0 atom stereocenters. The van der Waals surface area contributed by atoms with E-state index >= 15 is 0 Å². The fourth-order valence-electron chi connectivity index (χ4n) is 2.19. The highest BCUT2D eigenvalue weighted by molar-refractivity contribution is 6.31. The largest absolute Gasteiger partial charge is 0.392 e. The first-order valence-corrected chi connectivity index (χ1v) is 6.77. The smallest absolute Gasteiger partial charge is 0.0696 e. The summed E-state index contributed by atoms with van der Waals surface area (Å²) in [5.74, 6) is 0. The lowest BCUT2D eigenvalue weighted by atomic mass is 10.1. The molecule has 2 nitrogen and oxygen atoms in total. The van der Waals surface area contributed by atoms with Crippen LogP contribution in [0.1, 0.15) is 18.1 Å². The standard InChI is InChI=1S/C16H18ClNO/c1-3-18(16-7-5-4-6-12(16)2)14-9-8-13(11-19)15(17)10-14/h4-10,19H,3,11H2,1-2H3. The molecule has 0 radical (unpaired) electrons. The van der Waals surface area contributed by atoms with Gasteiger partial charge in [0.1, 0.15) is 0 Å². The minimum Gasteiger partial charge on any atom is -0.392 e. The van der Waals surface area contributed by atoms with Crippen molar-refractivity contribution in [3.8, 4) is 0 Å². The second kappa shape index (κ2) is 6.09. The third kappa shape index (κ3) is 2.91. The highest BCUT2D eigenvalue weighted by Crippen LogP contribution is 2.31. The fraction of sp³-hybridized carbons (Fsp3) is 0.250. The molecule has 0 saturated heterocycles. The molecule has 0 aromatic heterocycles. The van der Waals surface area contributed by atoms with Gasteiger partial charge in [0.15, 0.2) is 0 Å². The van der Waals surface area contributed by atoms with Gasteiger partial charge in [-0.15, -0.1) is 0 Å². The molecule has 0 aliphatic rings. The van der Waals surface area contributed by atoms with Crippen LogP contribution in [0.2, 0.25) is 5.02 Å². The Balaban J connectivity index is 2.43. The molecule has 0 spiro atoms. The molecule has 3 heteroatoms. The molecule has 0 aliphatic carbocycles. The van der Waals surface area contributed by atoms with Crippen LogP contribution in [0, 0.1) is 6.92 Å². The molecule has 100 valence electrons. The van der Waals surface area contributed by atoms with E-state index in [1.165, 1.54) is 11.3 Å². The normalized spacial score (nSPS) is 10.5. The van der Waals surface area contributed by atoms with Crippen molar-refractivity contribution in [3.63, 3.8) is 0 Å². The number of hydrogen-bond donors (Lipinski definition) is 1. The monoisotopic (exact) mass is 275 g/mol. The SMILES string of the molecule is CCN(c1ccc(CO)c(Cl)c1)c1ccccc1C. The van der Waals surface area contributed by atoms with E-state index in [2.05, 4.69) is 30.9 Å². The summed E-state index contributed by atoms with van der Waals surface area (Å²) in [5, 5.41) is 9.77. The summed E-state index contributed by atoms with van der Waals surface area (Å²) in [6.45, 7) is 5.04. The molecule has 0 saturated carbocycles. The molecular weight excluding hydrogens is 258 g/mol. The quantitative estimate of drug-likeness (QED) is 0.899. The molecule has 0 unspecified atom stereocenters. The number of aliphatic hydroxyl groups excluding tert-OH is 1. The van der Waals surface area contributed by atoms with Crippen LogP contribution in [0.3, 0.4) is 0 Å². The van der Waals surface area contributed by atoms with Gasteiger partial charge < -0.3 is 10.0 Å². The molecule has 2 rings (SSSR count). The van der Waals surface area contributed by atoms with Crippen LogP contribution in [0.4, 0.5) is 11.4 Å². The predicted octanol–water partition coefficient (Wildman–Crippen LogP) is 4.30. The maximum Gasteiger partial charge on any atom is 0.0696 e. The first-order chi connectivity index (χ1) is 9.17. The van der Waals surface area contributed by atoms with Crippen molar-refractivity contribution >= 4 is 23.0 Å². The number of halogens is 1. The number of hydrogen-bond acceptors (Lipinski definition) is 2. The van der Waals surface area contributed by atoms with E-state index < -0.39 is 0 Å². The molecule has 2 aromatic carbocycles. The zero-order valence-corrected chi connectivity index (χ0v) is 12.0. The van der Waals surface area contributed by atoms with Crippen molar-refractivity contribution in [2.24, 2.45) is 0 Å². The number of anilines is 2. The van der Waals surface area contributed by atoms with Crippen molar-refractivity contribution in [1.82, 2.24) is 0 Å². The molecule has 0 fully saturated rings. The lowest BCUT2D eigenvalue weighted by Gasteiger charge is -2.25. The summed E-state index contributed by atoms with van der Waals surface area (Å²) in [7, 11) is 0. The Hall–Kier alpha value is -1.51. The molecule has 2 aromatic rings. The molecule has 1 N–H and O–H groups in total. The van der Waals surface area contributed by atoms with E-state index in [1.54, 1.807) is 0 Å². The second-order valence-electron chi connectivity index (χ2n) is 4.46. The molecule has 0 aliphatic heterocycles. The Morgan fingerprint density at radius 1 is 1.16 bits per heavy atom. The molecule has 0 bridgehead atoms. The van der Waals surface area contributed by atoms with E-state index in [9.17, 15) is 0 Å². The van der Waals surface area contributed by atoms with Crippen LogP contribution in [-0.4, -0.2) is 11.7 Å². The molecular formula is C16H18ClNO. The number of aryl methyl sites for hydroxylation is 1. The maximum atomic E-state index is 9.17. The van der Waals surface area contributed by atoms with Gasteiger partial charge in [-0.25, -0.2) is 0 Å². The third-order valence-corrected chi connectivity index (χ3v) is 3.59.